The van der Waals surface area contributed by atoms with Crippen LogP contribution in [0.25, 0.3) is 27.9 Å². The first-order valence-electron chi connectivity index (χ1n) is 10.00. The van der Waals surface area contributed by atoms with Gasteiger partial charge in [-0.3, -0.25) is 4.79 Å². The molecular formula is C26H23N2O4+. The fourth-order valence-corrected chi connectivity index (χ4v) is 3.85. The van der Waals surface area contributed by atoms with Gasteiger partial charge in [0.05, 0.1) is 21.3 Å². The van der Waals surface area contributed by atoms with E-state index in [4.69, 9.17) is 20.6 Å². The summed E-state index contributed by atoms with van der Waals surface area (Å²) < 4.78 is 17.9. The predicted octanol–water partition coefficient (Wildman–Crippen LogP) is 4.16. The molecule has 0 bridgehead atoms. The van der Waals surface area contributed by atoms with Crippen molar-refractivity contribution in [3.05, 3.63) is 66.0 Å². The number of aromatic amines is 1. The van der Waals surface area contributed by atoms with Gasteiger partial charge in [-0.15, -0.1) is 6.42 Å². The molecule has 6 heteroatoms. The van der Waals surface area contributed by atoms with Gasteiger partial charge in [-0.25, -0.2) is 0 Å². The Morgan fingerprint density at radius 1 is 1.06 bits per heavy atom. The van der Waals surface area contributed by atoms with Crippen LogP contribution in [0.5, 0.6) is 17.2 Å². The van der Waals surface area contributed by atoms with E-state index >= 15 is 0 Å². The number of aromatic nitrogens is 2. The van der Waals surface area contributed by atoms with Crippen LogP contribution in [0.2, 0.25) is 0 Å². The van der Waals surface area contributed by atoms with Crippen LogP contribution in [-0.4, -0.2) is 32.1 Å². The van der Waals surface area contributed by atoms with Crippen LogP contribution >= 0.6 is 0 Å². The number of hydrogen-bond donors (Lipinski definition) is 1. The molecule has 0 aliphatic rings. The third-order valence-electron chi connectivity index (χ3n) is 5.30. The molecule has 1 N–H and O–H groups in total. The smallest absolute Gasteiger partial charge is 0.278 e. The highest BCUT2D eigenvalue weighted by Gasteiger charge is 2.23. The van der Waals surface area contributed by atoms with E-state index in [0.29, 0.717) is 22.9 Å². The van der Waals surface area contributed by atoms with Gasteiger partial charge in [0, 0.05) is 22.4 Å². The number of allylic oxidation sites excluding steroid dienone is 1. The van der Waals surface area contributed by atoms with Gasteiger partial charge in [0.2, 0.25) is 12.3 Å². The van der Waals surface area contributed by atoms with Crippen LogP contribution < -0.4 is 18.8 Å². The summed E-state index contributed by atoms with van der Waals surface area (Å²) in [6, 6.07) is 13.5. The Morgan fingerprint density at radius 2 is 1.78 bits per heavy atom. The highest BCUT2D eigenvalue weighted by Crippen LogP contribution is 2.38. The number of hydrogen-bond acceptors (Lipinski definition) is 4. The maximum absolute atomic E-state index is 13.4. The first-order valence-corrected chi connectivity index (χ1v) is 10.00. The predicted molar refractivity (Wildman–Crippen MR) is 124 cm³/mol. The second kappa shape index (κ2) is 8.86. The zero-order valence-electron chi connectivity index (χ0n) is 18.1. The van der Waals surface area contributed by atoms with Crippen molar-refractivity contribution in [2.45, 2.75) is 6.54 Å². The van der Waals surface area contributed by atoms with Gasteiger partial charge in [-0.2, -0.15) is 4.57 Å². The minimum atomic E-state index is -0.175. The van der Waals surface area contributed by atoms with Gasteiger partial charge in [0.15, 0.2) is 17.7 Å². The second-order valence-corrected chi connectivity index (χ2v) is 7.11. The molecule has 2 heterocycles. The lowest BCUT2D eigenvalue weighted by molar-refractivity contribution is -0.685. The van der Waals surface area contributed by atoms with E-state index in [-0.39, 0.29) is 12.3 Å². The summed E-state index contributed by atoms with van der Waals surface area (Å²) >= 11 is 0. The molecule has 0 aliphatic heterocycles. The third kappa shape index (κ3) is 3.65. The van der Waals surface area contributed by atoms with Crippen molar-refractivity contribution in [3.8, 4) is 29.6 Å². The number of rotatable bonds is 7. The van der Waals surface area contributed by atoms with E-state index in [1.165, 1.54) is 6.08 Å². The Balaban J connectivity index is 1.81. The van der Waals surface area contributed by atoms with Gasteiger partial charge < -0.3 is 19.2 Å². The summed E-state index contributed by atoms with van der Waals surface area (Å²) in [4.78, 5) is 16.7. The molecule has 0 saturated heterocycles. The summed E-state index contributed by atoms with van der Waals surface area (Å²) in [5.74, 6) is 3.97. The van der Waals surface area contributed by atoms with Crippen LogP contribution in [0.3, 0.4) is 0 Å². The minimum Gasteiger partial charge on any atom is -0.493 e. The maximum atomic E-state index is 13.4. The van der Waals surface area contributed by atoms with E-state index in [9.17, 15) is 4.79 Å². The van der Waals surface area contributed by atoms with Gasteiger partial charge in [-0.05, 0) is 35.8 Å². The van der Waals surface area contributed by atoms with E-state index < -0.39 is 0 Å². The Hall–Kier alpha value is -4.24. The molecule has 0 radical (unpaired) electrons. The zero-order chi connectivity index (χ0) is 22.7. The Kier molecular flexibility index (Phi) is 5.82. The van der Waals surface area contributed by atoms with Crippen molar-refractivity contribution in [2.75, 3.05) is 21.3 Å². The molecule has 4 rings (SSSR count). The number of benzene rings is 2. The normalized spacial score (nSPS) is 11.1. The van der Waals surface area contributed by atoms with Crippen molar-refractivity contribution in [2.24, 2.45) is 0 Å². The standard InChI is InChI=1S/C26H22N2O4/c1-5-13-28-14-12-19-18-8-6-7-9-20(18)27-24(19)25(28)21(29)11-10-17-15-22(30-2)26(32-4)23(16-17)31-3/h1,6-12,14-16H,13H2,2-4H3/p+1/b11-10+. The van der Waals surface area contributed by atoms with Gasteiger partial charge in [0.1, 0.15) is 5.52 Å². The first-order chi connectivity index (χ1) is 15.6. The number of fused-ring (bicyclic) bond motifs is 3. The van der Waals surface area contributed by atoms with Gasteiger partial charge in [-0.1, -0.05) is 24.3 Å². The van der Waals surface area contributed by atoms with Crippen molar-refractivity contribution in [3.63, 3.8) is 0 Å². The highest BCUT2D eigenvalue weighted by molar-refractivity contribution is 6.16. The quantitative estimate of drug-likeness (QED) is 0.208. The second-order valence-electron chi connectivity index (χ2n) is 7.11. The third-order valence-corrected chi connectivity index (χ3v) is 5.30. The van der Waals surface area contributed by atoms with Crippen LogP contribution in [0.1, 0.15) is 16.1 Å². The molecule has 0 fully saturated rings. The molecule has 160 valence electrons. The lowest BCUT2D eigenvalue weighted by Gasteiger charge is -2.12. The summed E-state index contributed by atoms with van der Waals surface area (Å²) in [5.41, 5.74) is 2.95. The largest absolute Gasteiger partial charge is 0.493 e. The number of ketones is 1. The fraction of sp³-hybridized carbons (Fsp3) is 0.154. The first kappa shape index (κ1) is 21.0. The molecule has 0 atom stereocenters. The van der Waals surface area contributed by atoms with Crippen molar-refractivity contribution >= 4 is 33.7 Å². The van der Waals surface area contributed by atoms with Crippen LogP contribution in [0, 0.1) is 12.3 Å². The van der Waals surface area contributed by atoms with E-state index in [0.717, 1.165) is 27.4 Å². The van der Waals surface area contributed by atoms with Gasteiger partial charge in [0.25, 0.3) is 11.5 Å². The monoisotopic (exact) mass is 427 g/mol. The average molecular weight is 427 g/mol. The highest BCUT2D eigenvalue weighted by atomic mass is 16.5. The van der Waals surface area contributed by atoms with Crippen LogP contribution in [0.4, 0.5) is 0 Å². The molecule has 0 unspecified atom stereocenters. The number of H-pyrrole nitrogens is 1. The molecule has 0 amide bonds. The SMILES string of the molecule is C#CC[n+]1ccc2c([nH]c3ccccc32)c1C(=O)/C=C/c1cc(OC)c(OC)c(OC)c1. The molecule has 4 aromatic rings. The van der Waals surface area contributed by atoms with E-state index in [1.54, 1.807) is 44.1 Å². The van der Waals surface area contributed by atoms with Crippen LogP contribution in [0.15, 0.2) is 54.7 Å². The summed E-state index contributed by atoms with van der Waals surface area (Å²) in [6.07, 6.45) is 10.6. The van der Waals surface area contributed by atoms with E-state index in [2.05, 4.69) is 10.9 Å². The zero-order valence-corrected chi connectivity index (χ0v) is 18.1. The number of methoxy groups -OCH3 is 3. The summed E-state index contributed by atoms with van der Waals surface area (Å²) in [5, 5.41) is 2.02. The number of nitrogens with zero attached hydrogens (tertiary/aromatic N) is 1. The topological polar surface area (TPSA) is 64.4 Å². The van der Waals surface area contributed by atoms with E-state index in [1.807, 2.05) is 36.5 Å². The molecule has 6 nitrogen and oxygen atoms in total. The number of nitrogens with one attached hydrogen (secondary N) is 1. The van der Waals surface area contributed by atoms with Gasteiger partial charge >= 0.3 is 0 Å². The molecule has 32 heavy (non-hydrogen) atoms. The fourth-order valence-electron chi connectivity index (χ4n) is 3.85. The number of para-hydroxylation sites is 1. The summed E-state index contributed by atoms with van der Waals surface area (Å²) in [6.45, 7) is 0.282. The Morgan fingerprint density at radius 3 is 2.44 bits per heavy atom. The van der Waals surface area contributed by atoms with Crippen molar-refractivity contribution in [1.82, 2.24) is 4.98 Å². The number of ether oxygens (including phenoxy) is 3. The lowest BCUT2D eigenvalue weighted by Crippen LogP contribution is -2.39. The number of carbonyl (C=O) groups excluding carboxylic acids is 1. The van der Waals surface area contributed by atoms with Crippen LogP contribution in [-0.2, 0) is 6.54 Å². The Labute approximate surface area is 186 Å². The molecule has 2 aromatic carbocycles. The average Bonchev–Trinajstić information content (AvgIpc) is 3.20. The van der Waals surface area contributed by atoms with Crippen molar-refractivity contribution in [1.29, 1.82) is 0 Å². The maximum Gasteiger partial charge on any atom is 0.278 e. The molecular weight excluding hydrogens is 404 g/mol. The summed E-state index contributed by atoms with van der Waals surface area (Å²) in [7, 11) is 4.65. The Bertz CT molecular complexity index is 1370. The molecule has 0 aliphatic carbocycles. The molecule has 0 saturated carbocycles. The number of pyridine rings is 1. The molecule has 0 spiro atoms. The lowest BCUT2D eigenvalue weighted by atomic mass is 10.1. The van der Waals surface area contributed by atoms with Crippen molar-refractivity contribution < 1.29 is 23.6 Å². The minimum absolute atomic E-state index is 0.175. The molecule has 2 aromatic heterocycles. The number of terminal acetylenes is 1. The number of carbonyl (C=O) groups is 1.